The second kappa shape index (κ2) is 3.91. The van der Waals surface area contributed by atoms with Crippen molar-refractivity contribution in [3.63, 3.8) is 0 Å². The molecule has 0 amide bonds. The van der Waals surface area contributed by atoms with Crippen molar-refractivity contribution in [2.24, 2.45) is 0 Å². The molecule has 1 saturated heterocycles. The van der Waals surface area contributed by atoms with Crippen LogP contribution in [-0.4, -0.2) is 43.9 Å². The van der Waals surface area contributed by atoms with Crippen molar-refractivity contribution < 1.29 is 46.2 Å². The summed E-state index contributed by atoms with van der Waals surface area (Å²) in [7, 11) is 0. The van der Waals surface area contributed by atoms with Crippen molar-refractivity contribution in [2.45, 2.75) is 6.16 Å². The Balaban J connectivity index is 0. The largest absolute Gasteiger partial charge is 2.00 e. The maximum atomic E-state index is 9.22. The molecule has 1 heterocycles. The van der Waals surface area contributed by atoms with Crippen LogP contribution in [0.5, 0.6) is 0 Å². The summed E-state index contributed by atoms with van der Waals surface area (Å²) >= 11 is 0. The Hall–Kier alpha value is 1.98. The van der Waals surface area contributed by atoms with Gasteiger partial charge in [-0.15, -0.1) is 0 Å². The predicted molar refractivity (Wildman–Crippen MR) is 10.7 cm³/mol. The molecule has 0 unspecified atom stereocenters. The number of rotatable bonds is 0. The van der Waals surface area contributed by atoms with Crippen LogP contribution in [0.1, 0.15) is 0 Å². The second-order valence-corrected chi connectivity index (χ2v) is 0.667. The molecule has 1 fully saturated rings. The van der Waals surface area contributed by atoms with Crippen LogP contribution in [0, 0.1) is 0 Å². The fourth-order valence-electron chi connectivity index (χ4n) is 0.0340. The van der Waals surface area contributed by atoms with Crippen LogP contribution in [0.4, 0.5) is 0 Å². The van der Waals surface area contributed by atoms with Gasteiger partial charge >= 0.3 is 37.7 Å². The molecule has 0 aliphatic carbocycles. The van der Waals surface area contributed by atoms with E-state index in [0.717, 1.165) is 0 Å². The number of hydrogen-bond donors (Lipinski definition) is 0. The zero-order valence-electron chi connectivity index (χ0n) is 3.34. The van der Waals surface area contributed by atoms with E-state index < -0.39 is 6.16 Å². The van der Waals surface area contributed by atoms with Crippen LogP contribution in [-0.2, 0) is 36.0 Å². The van der Waals surface area contributed by atoms with Crippen LogP contribution >= 0.6 is 0 Å². The van der Waals surface area contributed by atoms with Crippen molar-refractivity contribution >= 4 is 37.7 Å². The Morgan fingerprint density at radius 3 is 1.29 bits per heavy atom. The fraction of sp³-hybridized carbons (Fsp3) is 1.00. The maximum Gasteiger partial charge on any atom is 2.00 e. The molecule has 1 rings (SSSR count). The minimum Gasteiger partial charge on any atom is -0.815 e. The van der Waals surface area contributed by atoms with Crippen LogP contribution in [0.15, 0.2) is 0 Å². The summed E-state index contributed by atoms with van der Waals surface area (Å²) < 4.78 is 0. The molecule has 0 aromatic carbocycles. The molecule has 0 atom stereocenters. The summed E-state index contributed by atoms with van der Waals surface area (Å²) in [6.45, 7) is 0. The topological polar surface area (TPSA) is 71.2 Å². The molecular weight excluding hydrogens is 207 g/mol. The first-order chi connectivity index (χ1) is 2.21. The predicted octanol–water partition coefficient (Wildman–Crippen LogP) is -3.10. The van der Waals surface area contributed by atoms with Gasteiger partial charge in [-0.3, -0.25) is 0 Å². The van der Waals surface area contributed by atoms with Crippen molar-refractivity contribution in [2.75, 3.05) is 0 Å². The molecule has 0 saturated carbocycles. The van der Waals surface area contributed by atoms with E-state index >= 15 is 0 Å². The quantitative estimate of drug-likeness (QED) is 0.182. The summed E-state index contributed by atoms with van der Waals surface area (Å²) in [5.74, 6) is 0. The monoisotopic (exact) mass is 206 g/mol. The van der Waals surface area contributed by atoms with E-state index in [4.69, 9.17) is 0 Å². The van der Waals surface area contributed by atoms with Crippen molar-refractivity contribution in [3.05, 3.63) is 0 Å². The average Bonchev–Trinajstić information content (AvgIpc) is 1.76. The van der Waals surface area contributed by atoms with E-state index in [1.807, 2.05) is 0 Å². The van der Waals surface area contributed by atoms with Crippen LogP contribution in [0.25, 0.3) is 0 Å². The van der Waals surface area contributed by atoms with E-state index in [0.29, 0.717) is 0 Å². The smallest absolute Gasteiger partial charge is 0.815 e. The summed E-state index contributed by atoms with van der Waals surface area (Å²) in [6.07, 6.45) is -2.75. The van der Waals surface area contributed by atoms with Gasteiger partial charge in [0.15, 0.2) is 0 Å². The molecule has 0 N–H and O–H groups in total. The van der Waals surface area contributed by atoms with Crippen molar-refractivity contribution in [3.8, 4) is 0 Å². The van der Waals surface area contributed by atoms with Crippen LogP contribution in [0.2, 0.25) is 0 Å². The molecule has 0 radical (unpaired) electrons. The van der Waals surface area contributed by atoms with Gasteiger partial charge in [0.2, 0.25) is 0 Å². The molecule has 6 heteroatoms. The molecule has 7 heavy (non-hydrogen) atoms. The van der Waals surface area contributed by atoms with Gasteiger partial charge in [0.25, 0.3) is 0 Å². The fourth-order valence-corrected chi connectivity index (χ4v) is 0.0340. The Bertz CT molecular complexity index is 49.7. The first-order valence-corrected chi connectivity index (χ1v) is 0.983. The van der Waals surface area contributed by atoms with Crippen molar-refractivity contribution in [1.82, 2.24) is 0 Å². The Morgan fingerprint density at radius 2 is 1.29 bits per heavy atom. The van der Waals surface area contributed by atoms with E-state index in [2.05, 4.69) is 9.78 Å². The summed E-state index contributed by atoms with van der Waals surface area (Å²) in [5, 5.41) is 18.4. The molecule has 1 aliphatic rings. The van der Waals surface area contributed by atoms with Crippen LogP contribution < -0.4 is 10.2 Å². The third-order valence-electron chi connectivity index (χ3n) is 0.219. The second-order valence-electron chi connectivity index (χ2n) is 0.667. The number of hydrogen-bond acceptors (Lipinski definition) is 4. The molecule has 34 valence electrons. The zero-order chi connectivity index (χ0) is 3.91. The third kappa shape index (κ3) is 5.86. The molecule has 4 nitrogen and oxygen atoms in total. The van der Waals surface area contributed by atoms with Gasteiger partial charge in [0, 0.05) is 26.2 Å². The molecule has 0 spiro atoms. The van der Waals surface area contributed by atoms with Gasteiger partial charge in [0.05, 0.1) is 6.16 Å². The van der Waals surface area contributed by atoms with Gasteiger partial charge in [-0.25, -0.2) is 9.78 Å². The summed E-state index contributed by atoms with van der Waals surface area (Å²) in [5.41, 5.74) is 0. The van der Waals surface area contributed by atoms with Gasteiger partial charge in [-0.2, -0.15) is 0 Å². The standard InChI is InChI=1S/CO4.Ca.Zr/c2-1(3)4-5-1;;/q-2;+2;. The SMILES string of the molecule is [Ca+2].[O-]C1([O-])OO1.[Zr]. The molecule has 0 aromatic heterocycles. The molecule has 0 bridgehead atoms. The van der Waals surface area contributed by atoms with Gasteiger partial charge in [-0.05, 0) is 0 Å². The Labute approximate surface area is 88.8 Å². The molecule has 1 aliphatic heterocycles. The van der Waals surface area contributed by atoms with Crippen LogP contribution in [0.3, 0.4) is 0 Å². The van der Waals surface area contributed by atoms with Gasteiger partial charge < -0.3 is 10.2 Å². The van der Waals surface area contributed by atoms with Gasteiger partial charge in [0.1, 0.15) is 0 Å². The summed E-state index contributed by atoms with van der Waals surface area (Å²) in [4.78, 5) is 6.57. The average molecular weight is 207 g/mol. The summed E-state index contributed by atoms with van der Waals surface area (Å²) in [6, 6.07) is 0. The van der Waals surface area contributed by atoms with E-state index in [9.17, 15) is 10.2 Å². The minimum absolute atomic E-state index is 0. The zero-order valence-corrected chi connectivity index (χ0v) is 8.01. The van der Waals surface area contributed by atoms with E-state index in [-0.39, 0.29) is 63.9 Å². The first kappa shape index (κ1) is 11.7. The minimum atomic E-state index is -2.75. The van der Waals surface area contributed by atoms with E-state index in [1.165, 1.54) is 0 Å². The maximum absolute atomic E-state index is 9.22. The third-order valence-corrected chi connectivity index (χ3v) is 0.219. The normalized spacial score (nSPS) is 21.4. The molecule has 0 aromatic rings. The Kier molecular flexibility index (Phi) is 6.55. The molecular formula is CCaO4Zr. The Morgan fingerprint density at radius 1 is 1.14 bits per heavy atom. The van der Waals surface area contributed by atoms with Gasteiger partial charge in [-0.1, -0.05) is 0 Å². The van der Waals surface area contributed by atoms with E-state index in [1.54, 1.807) is 0 Å². The first-order valence-electron chi connectivity index (χ1n) is 0.983. The van der Waals surface area contributed by atoms with Crippen molar-refractivity contribution in [1.29, 1.82) is 0 Å².